The molecule has 0 N–H and O–H groups in total. The van der Waals surface area contributed by atoms with Gasteiger partial charge in [0.1, 0.15) is 0 Å². The first-order valence-corrected chi connectivity index (χ1v) is 7.09. The third-order valence-corrected chi connectivity index (χ3v) is 4.07. The fraction of sp³-hybridized carbons (Fsp3) is 0.333. The Morgan fingerprint density at radius 1 is 0.900 bits per heavy atom. The van der Waals surface area contributed by atoms with Crippen molar-refractivity contribution in [3.63, 3.8) is 0 Å². The molecule has 2 aromatic heterocycles. The van der Waals surface area contributed by atoms with E-state index in [1.165, 1.54) is 27.9 Å². The van der Waals surface area contributed by atoms with Crippen molar-refractivity contribution in [1.29, 1.82) is 0 Å². The molecule has 3 rings (SSSR count). The van der Waals surface area contributed by atoms with Crippen LogP contribution in [0.5, 0.6) is 0 Å². The second-order valence-electron chi connectivity index (χ2n) is 6.61. The number of rotatable bonds is 1. The Morgan fingerprint density at radius 2 is 1.65 bits per heavy atom. The Morgan fingerprint density at radius 3 is 2.30 bits per heavy atom. The average Bonchev–Trinajstić information content (AvgIpc) is 2.92. The van der Waals surface area contributed by atoms with E-state index in [-0.39, 0.29) is 5.41 Å². The van der Waals surface area contributed by atoms with Crippen LogP contribution in [0.4, 0.5) is 0 Å². The van der Waals surface area contributed by atoms with Gasteiger partial charge in [0.2, 0.25) is 0 Å². The first kappa shape index (κ1) is 13.0. The van der Waals surface area contributed by atoms with E-state index in [2.05, 4.69) is 86.6 Å². The molecule has 1 aromatic carbocycles. The second-order valence-corrected chi connectivity index (χ2v) is 6.61. The third-order valence-electron chi connectivity index (χ3n) is 4.07. The molecule has 2 heteroatoms. The van der Waals surface area contributed by atoms with Crippen molar-refractivity contribution in [2.45, 2.75) is 26.2 Å². The number of hydrogen-bond acceptors (Lipinski definition) is 0. The Labute approximate surface area is 120 Å². The van der Waals surface area contributed by atoms with E-state index >= 15 is 0 Å². The molecule has 0 spiro atoms. The van der Waals surface area contributed by atoms with Gasteiger partial charge in [-0.15, -0.1) is 0 Å². The van der Waals surface area contributed by atoms with Gasteiger partial charge in [0, 0.05) is 48.0 Å². The van der Waals surface area contributed by atoms with Crippen LogP contribution >= 0.6 is 0 Å². The number of fused-ring (bicyclic) bond motifs is 1. The Bertz CT molecular complexity index is 766. The van der Waals surface area contributed by atoms with Crippen molar-refractivity contribution in [1.82, 2.24) is 9.13 Å². The molecule has 0 unspecified atom stereocenters. The number of aromatic nitrogens is 2. The summed E-state index contributed by atoms with van der Waals surface area (Å²) >= 11 is 0. The first-order valence-electron chi connectivity index (χ1n) is 7.09. The second kappa shape index (κ2) is 4.27. The van der Waals surface area contributed by atoms with Crippen molar-refractivity contribution < 1.29 is 0 Å². The van der Waals surface area contributed by atoms with Crippen molar-refractivity contribution in [2.75, 3.05) is 0 Å². The minimum absolute atomic E-state index is 0.170. The van der Waals surface area contributed by atoms with Gasteiger partial charge in [0.05, 0.1) is 0 Å². The molecule has 0 radical (unpaired) electrons. The predicted octanol–water partition coefficient (Wildman–Crippen LogP) is 4.48. The molecule has 0 bridgehead atoms. The summed E-state index contributed by atoms with van der Waals surface area (Å²) in [6, 6.07) is 13.3. The third kappa shape index (κ3) is 1.96. The van der Waals surface area contributed by atoms with Crippen LogP contribution in [0.15, 0.2) is 42.6 Å². The molecule has 2 nitrogen and oxygen atoms in total. The molecule has 0 aliphatic rings. The molecule has 20 heavy (non-hydrogen) atoms. The zero-order chi connectivity index (χ0) is 14.5. The minimum Gasteiger partial charge on any atom is -0.351 e. The summed E-state index contributed by atoms with van der Waals surface area (Å²) in [6.45, 7) is 6.77. The Hall–Kier alpha value is -1.96. The summed E-state index contributed by atoms with van der Waals surface area (Å²) in [4.78, 5) is 0. The fourth-order valence-electron chi connectivity index (χ4n) is 3.00. The number of nitrogens with zero attached hydrogens (tertiary/aromatic N) is 2. The van der Waals surface area contributed by atoms with Gasteiger partial charge in [0.15, 0.2) is 0 Å². The van der Waals surface area contributed by atoms with Gasteiger partial charge in [-0.25, -0.2) is 0 Å². The lowest BCUT2D eigenvalue weighted by molar-refractivity contribution is 0.544. The maximum atomic E-state index is 2.31. The normalized spacial score (nSPS) is 12.2. The highest BCUT2D eigenvalue weighted by molar-refractivity contribution is 5.85. The van der Waals surface area contributed by atoms with Crippen LogP contribution in [-0.4, -0.2) is 9.13 Å². The van der Waals surface area contributed by atoms with Crippen molar-refractivity contribution in [3.8, 4) is 11.3 Å². The topological polar surface area (TPSA) is 9.86 Å². The van der Waals surface area contributed by atoms with Crippen LogP contribution in [0.25, 0.3) is 22.2 Å². The van der Waals surface area contributed by atoms with Crippen molar-refractivity contribution in [2.24, 2.45) is 14.1 Å². The highest BCUT2D eigenvalue weighted by Gasteiger charge is 2.19. The smallest absolute Gasteiger partial charge is 0.0480 e. The lowest BCUT2D eigenvalue weighted by Gasteiger charge is -2.20. The molecule has 2 heterocycles. The zero-order valence-electron chi connectivity index (χ0n) is 12.9. The van der Waals surface area contributed by atoms with Crippen LogP contribution in [0.3, 0.4) is 0 Å². The molecule has 0 saturated heterocycles. The maximum Gasteiger partial charge on any atom is 0.0480 e. The minimum atomic E-state index is 0.170. The monoisotopic (exact) mass is 266 g/mol. The molecule has 3 aromatic rings. The van der Waals surface area contributed by atoms with Crippen LogP contribution < -0.4 is 0 Å². The first-order chi connectivity index (χ1) is 9.38. The lowest BCUT2D eigenvalue weighted by atomic mass is 9.92. The molecule has 0 amide bonds. The van der Waals surface area contributed by atoms with E-state index in [0.29, 0.717) is 0 Å². The fourth-order valence-corrected chi connectivity index (χ4v) is 3.00. The van der Waals surface area contributed by atoms with Crippen molar-refractivity contribution in [3.05, 3.63) is 48.3 Å². The van der Waals surface area contributed by atoms with E-state index < -0.39 is 0 Å². The highest BCUT2D eigenvalue weighted by Crippen LogP contribution is 2.30. The molecular formula is C18H22N2. The molecule has 0 saturated carbocycles. The predicted molar refractivity (Wildman–Crippen MR) is 86.0 cm³/mol. The summed E-state index contributed by atoms with van der Waals surface area (Å²) in [5, 5.41) is 1.29. The standard InChI is InChI=1S/C18H22N2/c1-18(2,3)17-9-8-16(20(17)5)13-6-7-15-14(12-13)10-11-19(15)4/h6-12H,1-5H3. The van der Waals surface area contributed by atoms with Gasteiger partial charge < -0.3 is 9.13 Å². The molecule has 0 fully saturated rings. The maximum absolute atomic E-state index is 2.31. The average molecular weight is 266 g/mol. The Balaban J connectivity index is 2.14. The molecule has 0 atom stereocenters. The van der Waals surface area contributed by atoms with Gasteiger partial charge in [-0.3, -0.25) is 0 Å². The molecule has 0 aliphatic heterocycles. The lowest BCUT2D eigenvalue weighted by Crippen LogP contribution is -2.16. The van der Waals surface area contributed by atoms with Gasteiger partial charge in [-0.05, 0) is 35.9 Å². The highest BCUT2D eigenvalue weighted by atomic mass is 15.0. The Kier molecular flexibility index (Phi) is 2.79. The number of aryl methyl sites for hydroxylation is 1. The van der Waals surface area contributed by atoms with E-state index in [9.17, 15) is 0 Å². The van der Waals surface area contributed by atoms with Crippen LogP contribution in [0.2, 0.25) is 0 Å². The SMILES string of the molecule is Cn1c(-c2ccc3c(ccn3C)c2)ccc1C(C)(C)C. The quantitative estimate of drug-likeness (QED) is 0.614. The summed E-state index contributed by atoms with van der Waals surface area (Å²) in [5.41, 5.74) is 5.37. The van der Waals surface area contributed by atoms with E-state index in [4.69, 9.17) is 0 Å². The number of hydrogen-bond donors (Lipinski definition) is 0. The number of benzene rings is 1. The van der Waals surface area contributed by atoms with Crippen LogP contribution in [0.1, 0.15) is 26.5 Å². The summed E-state index contributed by atoms with van der Waals surface area (Å²) in [5.74, 6) is 0. The summed E-state index contributed by atoms with van der Waals surface area (Å²) in [7, 11) is 4.24. The summed E-state index contributed by atoms with van der Waals surface area (Å²) in [6.07, 6.45) is 2.11. The molecule has 104 valence electrons. The van der Waals surface area contributed by atoms with E-state index in [1.807, 2.05) is 0 Å². The zero-order valence-corrected chi connectivity index (χ0v) is 12.9. The van der Waals surface area contributed by atoms with Crippen LogP contribution in [-0.2, 0) is 19.5 Å². The van der Waals surface area contributed by atoms with Gasteiger partial charge >= 0.3 is 0 Å². The van der Waals surface area contributed by atoms with E-state index in [1.54, 1.807) is 0 Å². The van der Waals surface area contributed by atoms with Gasteiger partial charge in [-0.2, -0.15) is 0 Å². The van der Waals surface area contributed by atoms with E-state index in [0.717, 1.165) is 0 Å². The largest absolute Gasteiger partial charge is 0.351 e. The van der Waals surface area contributed by atoms with Gasteiger partial charge in [0.25, 0.3) is 0 Å². The molecular weight excluding hydrogens is 244 g/mol. The van der Waals surface area contributed by atoms with Crippen LogP contribution in [0, 0.1) is 0 Å². The molecule has 0 aliphatic carbocycles. The van der Waals surface area contributed by atoms with Crippen molar-refractivity contribution >= 4 is 10.9 Å². The van der Waals surface area contributed by atoms with Gasteiger partial charge in [-0.1, -0.05) is 26.8 Å². The summed E-state index contributed by atoms with van der Waals surface area (Å²) < 4.78 is 4.47.